The van der Waals surface area contributed by atoms with Crippen molar-refractivity contribution in [2.24, 2.45) is 17.1 Å². The number of likely N-dealkylation sites (tertiary alicyclic amines) is 1. The van der Waals surface area contributed by atoms with Crippen molar-refractivity contribution in [1.82, 2.24) is 4.90 Å². The maximum absolute atomic E-state index is 12.6. The Bertz CT molecular complexity index is 310. The monoisotopic (exact) mass is 252 g/mol. The highest BCUT2D eigenvalue weighted by Crippen LogP contribution is 2.39. The summed E-state index contributed by atoms with van der Waals surface area (Å²) in [7, 11) is 0. The van der Waals surface area contributed by atoms with Gasteiger partial charge in [-0.05, 0) is 37.5 Å². The molecular weight excluding hydrogens is 224 g/mol. The standard InChI is InChI=1S/C15H28N2O/c1-11-9-12(2)17(10-11)14(18)13(16)15(3)7-5-4-6-8-15/h11-13H,4-10,16H2,1-3H3/t11?,12-,13-/m1/s1. The highest BCUT2D eigenvalue weighted by molar-refractivity contribution is 5.83. The summed E-state index contributed by atoms with van der Waals surface area (Å²) in [6, 6.07) is 0.0660. The molecule has 0 aromatic carbocycles. The van der Waals surface area contributed by atoms with Gasteiger partial charge in [0, 0.05) is 12.6 Å². The highest BCUT2D eigenvalue weighted by Gasteiger charge is 2.41. The van der Waals surface area contributed by atoms with E-state index in [0.717, 1.165) is 25.8 Å². The van der Waals surface area contributed by atoms with Crippen molar-refractivity contribution in [3.63, 3.8) is 0 Å². The van der Waals surface area contributed by atoms with Gasteiger partial charge in [-0.3, -0.25) is 4.79 Å². The van der Waals surface area contributed by atoms with Crippen LogP contribution in [0.15, 0.2) is 0 Å². The molecule has 0 radical (unpaired) electrons. The number of amides is 1. The maximum Gasteiger partial charge on any atom is 0.240 e. The Hall–Kier alpha value is -0.570. The van der Waals surface area contributed by atoms with E-state index < -0.39 is 0 Å². The zero-order chi connectivity index (χ0) is 13.3. The molecule has 2 aliphatic rings. The third-order valence-corrected chi connectivity index (χ3v) is 5.08. The molecule has 1 saturated carbocycles. The minimum atomic E-state index is -0.300. The smallest absolute Gasteiger partial charge is 0.240 e. The van der Waals surface area contributed by atoms with E-state index in [4.69, 9.17) is 5.73 Å². The number of nitrogens with two attached hydrogens (primary N) is 1. The summed E-state index contributed by atoms with van der Waals surface area (Å²) in [5, 5.41) is 0. The zero-order valence-electron chi connectivity index (χ0n) is 12.1. The van der Waals surface area contributed by atoms with E-state index in [2.05, 4.69) is 20.8 Å². The van der Waals surface area contributed by atoms with Crippen molar-refractivity contribution in [2.75, 3.05) is 6.54 Å². The molecule has 2 fully saturated rings. The first-order valence-corrected chi connectivity index (χ1v) is 7.50. The van der Waals surface area contributed by atoms with Crippen LogP contribution in [0.2, 0.25) is 0 Å². The molecule has 1 aliphatic heterocycles. The van der Waals surface area contributed by atoms with Crippen molar-refractivity contribution in [3.8, 4) is 0 Å². The number of hydrogen-bond acceptors (Lipinski definition) is 2. The van der Waals surface area contributed by atoms with Crippen LogP contribution in [0.25, 0.3) is 0 Å². The van der Waals surface area contributed by atoms with Gasteiger partial charge in [-0.2, -0.15) is 0 Å². The van der Waals surface area contributed by atoms with E-state index in [-0.39, 0.29) is 17.4 Å². The molecular formula is C15H28N2O. The molecule has 0 bridgehead atoms. The van der Waals surface area contributed by atoms with Gasteiger partial charge in [-0.15, -0.1) is 0 Å². The van der Waals surface area contributed by atoms with Crippen molar-refractivity contribution in [3.05, 3.63) is 0 Å². The molecule has 1 heterocycles. The first-order valence-electron chi connectivity index (χ1n) is 7.50. The highest BCUT2D eigenvalue weighted by atomic mass is 16.2. The lowest BCUT2D eigenvalue weighted by Crippen LogP contribution is -2.53. The van der Waals surface area contributed by atoms with Crippen LogP contribution in [-0.2, 0) is 4.79 Å². The van der Waals surface area contributed by atoms with Gasteiger partial charge in [-0.25, -0.2) is 0 Å². The number of rotatable bonds is 2. The number of carbonyl (C=O) groups is 1. The van der Waals surface area contributed by atoms with Crippen molar-refractivity contribution >= 4 is 5.91 Å². The zero-order valence-corrected chi connectivity index (χ0v) is 12.1. The fraction of sp³-hybridized carbons (Fsp3) is 0.933. The Balaban J connectivity index is 2.04. The average Bonchev–Trinajstić information content (AvgIpc) is 2.67. The summed E-state index contributed by atoms with van der Waals surface area (Å²) in [4.78, 5) is 14.6. The van der Waals surface area contributed by atoms with Crippen LogP contribution in [0.3, 0.4) is 0 Å². The van der Waals surface area contributed by atoms with Crippen LogP contribution >= 0.6 is 0 Å². The van der Waals surface area contributed by atoms with Crippen LogP contribution in [0, 0.1) is 11.3 Å². The van der Waals surface area contributed by atoms with Crippen LogP contribution in [0.5, 0.6) is 0 Å². The van der Waals surface area contributed by atoms with Crippen LogP contribution in [0.1, 0.15) is 59.3 Å². The SMILES string of the molecule is CC1C[C@@H](C)N(C(=O)[C@@H](N)C2(C)CCCCC2)C1. The Morgan fingerprint density at radius 2 is 1.89 bits per heavy atom. The van der Waals surface area contributed by atoms with Gasteiger partial charge in [0.05, 0.1) is 6.04 Å². The molecule has 104 valence electrons. The first kappa shape index (κ1) is 13.9. The van der Waals surface area contributed by atoms with Gasteiger partial charge in [0.15, 0.2) is 0 Å². The van der Waals surface area contributed by atoms with Gasteiger partial charge < -0.3 is 10.6 Å². The lowest BCUT2D eigenvalue weighted by molar-refractivity contribution is -0.136. The normalized spacial score (nSPS) is 33.4. The molecule has 2 rings (SSSR count). The number of nitrogens with zero attached hydrogens (tertiary/aromatic N) is 1. The molecule has 1 unspecified atom stereocenters. The quantitative estimate of drug-likeness (QED) is 0.821. The van der Waals surface area contributed by atoms with E-state index in [9.17, 15) is 4.79 Å². The molecule has 3 heteroatoms. The van der Waals surface area contributed by atoms with E-state index in [1.165, 1.54) is 19.3 Å². The van der Waals surface area contributed by atoms with Gasteiger partial charge in [0.2, 0.25) is 5.91 Å². The third-order valence-electron chi connectivity index (χ3n) is 5.08. The Kier molecular flexibility index (Phi) is 4.00. The summed E-state index contributed by atoms with van der Waals surface area (Å²) < 4.78 is 0. The molecule has 0 spiro atoms. The van der Waals surface area contributed by atoms with E-state index >= 15 is 0 Å². The topological polar surface area (TPSA) is 46.3 Å². The molecule has 1 amide bonds. The molecule has 0 aromatic rings. The van der Waals surface area contributed by atoms with Gasteiger partial charge in [-0.1, -0.05) is 33.1 Å². The lowest BCUT2D eigenvalue weighted by Gasteiger charge is -2.40. The van der Waals surface area contributed by atoms with Gasteiger partial charge in [0.1, 0.15) is 0 Å². The lowest BCUT2D eigenvalue weighted by atomic mass is 9.70. The number of carbonyl (C=O) groups excluding carboxylic acids is 1. The Morgan fingerprint density at radius 3 is 2.39 bits per heavy atom. The predicted octanol–water partition coefficient (Wildman–Crippen LogP) is 2.54. The second-order valence-electron chi connectivity index (χ2n) is 6.87. The minimum absolute atomic E-state index is 0.0287. The Labute approximate surface area is 111 Å². The molecule has 3 atom stereocenters. The third kappa shape index (κ3) is 2.56. The van der Waals surface area contributed by atoms with Crippen LogP contribution < -0.4 is 5.73 Å². The van der Waals surface area contributed by atoms with Gasteiger partial charge in [0.25, 0.3) is 0 Å². The van der Waals surface area contributed by atoms with Crippen molar-refractivity contribution in [1.29, 1.82) is 0 Å². The molecule has 3 nitrogen and oxygen atoms in total. The fourth-order valence-electron chi connectivity index (χ4n) is 3.75. The summed E-state index contributed by atoms with van der Waals surface area (Å²) in [5.41, 5.74) is 6.35. The second kappa shape index (κ2) is 5.20. The summed E-state index contributed by atoms with van der Waals surface area (Å²) in [6.45, 7) is 7.47. The molecule has 1 aliphatic carbocycles. The van der Waals surface area contributed by atoms with E-state index in [1.807, 2.05) is 4.90 Å². The summed E-state index contributed by atoms with van der Waals surface area (Å²) >= 11 is 0. The maximum atomic E-state index is 12.6. The minimum Gasteiger partial charge on any atom is -0.338 e. The second-order valence-corrected chi connectivity index (χ2v) is 6.87. The Morgan fingerprint density at radius 1 is 1.28 bits per heavy atom. The molecule has 2 N–H and O–H groups in total. The van der Waals surface area contributed by atoms with E-state index in [1.54, 1.807) is 0 Å². The average molecular weight is 252 g/mol. The fourth-order valence-corrected chi connectivity index (χ4v) is 3.75. The predicted molar refractivity (Wildman–Crippen MR) is 74.1 cm³/mol. The first-order chi connectivity index (χ1) is 8.44. The van der Waals surface area contributed by atoms with Crippen LogP contribution in [-0.4, -0.2) is 29.4 Å². The van der Waals surface area contributed by atoms with E-state index in [0.29, 0.717) is 12.0 Å². The van der Waals surface area contributed by atoms with Gasteiger partial charge >= 0.3 is 0 Å². The largest absolute Gasteiger partial charge is 0.338 e. The summed E-state index contributed by atoms with van der Waals surface area (Å²) in [5.74, 6) is 0.812. The van der Waals surface area contributed by atoms with Crippen molar-refractivity contribution < 1.29 is 4.79 Å². The van der Waals surface area contributed by atoms with Crippen LogP contribution in [0.4, 0.5) is 0 Å². The summed E-state index contributed by atoms with van der Waals surface area (Å²) in [6.07, 6.45) is 7.09. The molecule has 1 saturated heterocycles. The molecule has 0 aromatic heterocycles. The van der Waals surface area contributed by atoms with Crippen molar-refractivity contribution in [2.45, 2.75) is 71.4 Å². The number of hydrogen-bond donors (Lipinski definition) is 1. The molecule has 18 heavy (non-hydrogen) atoms.